The maximum absolute atomic E-state index is 12.0. The molecule has 1 aromatic rings. The highest BCUT2D eigenvalue weighted by molar-refractivity contribution is 7.98. The number of benzene rings is 1. The van der Waals surface area contributed by atoms with Crippen LogP contribution in [0.1, 0.15) is 96.1 Å². The van der Waals surface area contributed by atoms with Crippen molar-refractivity contribution in [1.29, 1.82) is 0 Å². The first-order chi connectivity index (χ1) is 21.3. The van der Waals surface area contributed by atoms with E-state index in [9.17, 15) is 14.4 Å². The second-order valence-corrected chi connectivity index (χ2v) is 11.4. The summed E-state index contributed by atoms with van der Waals surface area (Å²) in [5.41, 5.74) is 6.08. The molecule has 1 heterocycles. The summed E-state index contributed by atoms with van der Waals surface area (Å²) in [6, 6.07) is 7.93. The number of hydrogen-bond donors (Lipinski definition) is 4. The van der Waals surface area contributed by atoms with E-state index in [1.54, 1.807) is 22.9 Å². The van der Waals surface area contributed by atoms with Crippen molar-refractivity contribution in [3.05, 3.63) is 54.1 Å². The number of primary amides is 1. The quantitative estimate of drug-likeness (QED) is 0.0914. The van der Waals surface area contributed by atoms with Crippen molar-refractivity contribution < 1.29 is 29.0 Å². The van der Waals surface area contributed by atoms with Gasteiger partial charge in [-0.3, -0.25) is 19.1 Å². The van der Waals surface area contributed by atoms with Crippen LogP contribution in [0.4, 0.5) is 4.79 Å². The molecule has 1 aromatic carbocycles. The average Bonchev–Trinajstić information content (AvgIpc) is 3.77. The van der Waals surface area contributed by atoms with E-state index >= 15 is 0 Å². The van der Waals surface area contributed by atoms with Gasteiger partial charge in [-0.2, -0.15) is 0 Å². The molecule has 1 saturated carbocycles. The van der Waals surface area contributed by atoms with Gasteiger partial charge in [-0.15, -0.1) is 6.58 Å². The van der Waals surface area contributed by atoms with E-state index in [0.717, 1.165) is 43.4 Å². The molecule has 3 rings (SSSR count). The summed E-state index contributed by atoms with van der Waals surface area (Å²) in [4.78, 5) is 44.9. The van der Waals surface area contributed by atoms with Crippen molar-refractivity contribution in [2.24, 2.45) is 5.73 Å². The molecule has 0 bridgehead atoms. The second-order valence-electron chi connectivity index (χ2n) is 10.3. The standard InChI is InChI=1S/C20H28N2O4.C8H13NOS.C4H10.CH3NO/c1-16-7-6-11-22(16)19(24)14-21-20(25)26-12-4-2-3-8-17-9-5-10-18(13-17)15-23;1-2-3-4-8(10)9-11-7-5-6-7;1-3-4-2;2-1-3/h3,5,8-10,13,16,23H,2,4,6-7,11-12,14-15H2,1H3,(H,21,25);2,7H,1,3-6H2,(H,9,10);3-4H2,1-2H3;1H,(H2,2,3)/b8-3+;;;. The van der Waals surface area contributed by atoms with E-state index in [0.29, 0.717) is 24.7 Å². The molecule has 0 spiro atoms. The number of carbonyl (C=O) groups is 4. The first-order valence-corrected chi connectivity index (χ1v) is 16.4. The minimum atomic E-state index is -0.551. The molecule has 1 aliphatic heterocycles. The predicted molar refractivity (Wildman–Crippen MR) is 179 cm³/mol. The number of likely N-dealkylation sites (tertiary alicyclic amines) is 1. The molecule has 0 aromatic heterocycles. The molecule has 44 heavy (non-hydrogen) atoms. The van der Waals surface area contributed by atoms with E-state index in [1.165, 1.54) is 25.7 Å². The highest BCUT2D eigenvalue weighted by atomic mass is 32.2. The highest BCUT2D eigenvalue weighted by Gasteiger charge is 2.25. The summed E-state index contributed by atoms with van der Waals surface area (Å²) in [7, 11) is 0. The molecule has 1 atom stereocenters. The summed E-state index contributed by atoms with van der Waals surface area (Å²) >= 11 is 1.57. The Morgan fingerprint density at radius 1 is 1.18 bits per heavy atom. The van der Waals surface area contributed by atoms with E-state index in [-0.39, 0.29) is 37.4 Å². The maximum Gasteiger partial charge on any atom is 0.407 e. The lowest BCUT2D eigenvalue weighted by molar-refractivity contribution is -0.130. The van der Waals surface area contributed by atoms with Crippen LogP contribution in [0.25, 0.3) is 6.08 Å². The minimum absolute atomic E-state index is 0.00965. The number of rotatable bonds is 14. The van der Waals surface area contributed by atoms with Gasteiger partial charge >= 0.3 is 6.09 Å². The van der Waals surface area contributed by atoms with Crippen LogP contribution < -0.4 is 15.8 Å². The van der Waals surface area contributed by atoms with Gasteiger partial charge in [-0.25, -0.2) is 4.79 Å². The Balaban J connectivity index is 0.000000842. The number of alkyl carbamates (subject to hydrolysis) is 1. The number of unbranched alkanes of at least 4 members (excludes halogenated alkanes) is 2. The van der Waals surface area contributed by atoms with Gasteiger partial charge in [-0.05, 0) is 81.0 Å². The molecule has 1 saturated heterocycles. The minimum Gasteiger partial charge on any atom is -0.450 e. The maximum atomic E-state index is 12.0. The third-order valence-corrected chi connectivity index (χ3v) is 7.54. The van der Waals surface area contributed by atoms with Crippen LogP contribution in [-0.2, 0) is 25.7 Å². The summed E-state index contributed by atoms with van der Waals surface area (Å²) in [6.07, 6.45) is 15.5. The van der Waals surface area contributed by atoms with Crippen molar-refractivity contribution in [1.82, 2.24) is 14.9 Å². The normalized spacial score (nSPS) is 14.9. The third-order valence-electron chi connectivity index (χ3n) is 6.39. The van der Waals surface area contributed by atoms with E-state index in [2.05, 4.69) is 36.2 Å². The van der Waals surface area contributed by atoms with Crippen molar-refractivity contribution in [2.75, 3.05) is 19.7 Å². The predicted octanol–water partition coefficient (Wildman–Crippen LogP) is 5.50. The Morgan fingerprint density at radius 2 is 1.89 bits per heavy atom. The Labute approximate surface area is 268 Å². The Hall–Kier alpha value is -3.31. The number of aliphatic hydroxyl groups excluding tert-OH is 1. The number of nitrogens with zero attached hydrogens (tertiary/aromatic N) is 1. The Bertz CT molecular complexity index is 985. The highest BCUT2D eigenvalue weighted by Crippen LogP contribution is 2.31. The fourth-order valence-electron chi connectivity index (χ4n) is 3.60. The molecule has 5 N–H and O–H groups in total. The number of nitrogens with two attached hydrogens (primary N) is 1. The first-order valence-electron chi connectivity index (χ1n) is 15.5. The number of carbonyl (C=O) groups excluding carboxylic acids is 4. The summed E-state index contributed by atoms with van der Waals surface area (Å²) in [5, 5.41) is 12.3. The molecule has 1 aliphatic carbocycles. The number of nitrogens with one attached hydrogen (secondary N) is 2. The lowest BCUT2D eigenvalue weighted by Crippen LogP contribution is -2.41. The zero-order valence-electron chi connectivity index (χ0n) is 26.8. The Kier molecular flexibility index (Phi) is 25.2. The molecule has 248 valence electrons. The van der Waals surface area contributed by atoms with Crippen molar-refractivity contribution in [3.8, 4) is 0 Å². The molecule has 2 aliphatic rings. The summed E-state index contributed by atoms with van der Waals surface area (Å²) < 4.78 is 7.89. The van der Waals surface area contributed by atoms with Gasteiger partial charge in [0.25, 0.3) is 0 Å². The van der Waals surface area contributed by atoms with Gasteiger partial charge in [0.1, 0.15) is 6.54 Å². The number of ether oxygens (including phenoxy) is 1. The van der Waals surface area contributed by atoms with Gasteiger partial charge in [-0.1, -0.05) is 63.1 Å². The monoisotopic (exact) mass is 634 g/mol. The van der Waals surface area contributed by atoms with Gasteiger partial charge in [0.2, 0.25) is 18.2 Å². The van der Waals surface area contributed by atoms with E-state index in [4.69, 9.17) is 14.6 Å². The molecular formula is C33H54N4O6S. The topological polar surface area (TPSA) is 151 Å². The first kappa shape index (κ1) is 40.7. The van der Waals surface area contributed by atoms with Crippen LogP contribution in [0.15, 0.2) is 43.0 Å². The largest absolute Gasteiger partial charge is 0.450 e. The third kappa shape index (κ3) is 22.3. The van der Waals surface area contributed by atoms with Crippen LogP contribution >= 0.6 is 11.9 Å². The smallest absolute Gasteiger partial charge is 0.407 e. The van der Waals surface area contributed by atoms with Crippen molar-refractivity contribution >= 4 is 42.3 Å². The van der Waals surface area contributed by atoms with Crippen molar-refractivity contribution in [3.63, 3.8) is 0 Å². The van der Waals surface area contributed by atoms with Gasteiger partial charge in [0.05, 0.1) is 13.2 Å². The summed E-state index contributed by atoms with van der Waals surface area (Å²) in [6.45, 7) is 11.0. The van der Waals surface area contributed by atoms with Crippen LogP contribution in [0.5, 0.6) is 0 Å². The van der Waals surface area contributed by atoms with E-state index in [1.807, 2.05) is 43.3 Å². The zero-order valence-corrected chi connectivity index (χ0v) is 27.6. The zero-order chi connectivity index (χ0) is 33.0. The van der Waals surface area contributed by atoms with Gasteiger partial charge in [0.15, 0.2) is 0 Å². The molecular weight excluding hydrogens is 580 g/mol. The fraction of sp³-hybridized carbons (Fsp3) is 0.576. The second kappa shape index (κ2) is 27.3. The SMILES string of the molecule is C=CCCC(=O)NSC1CC1.CC1CCCN1C(=O)CNC(=O)OCCC/C=C/c1cccc(CO)c1.CCCC.NC=O. The number of amides is 4. The van der Waals surface area contributed by atoms with E-state index < -0.39 is 6.09 Å². The lowest BCUT2D eigenvalue weighted by Gasteiger charge is -2.21. The summed E-state index contributed by atoms with van der Waals surface area (Å²) in [5.74, 6) is 0.0711. The van der Waals surface area contributed by atoms with Gasteiger partial charge < -0.3 is 25.8 Å². The van der Waals surface area contributed by atoms with Crippen LogP contribution in [0, 0.1) is 0 Å². The lowest BCUT2D eigenvalue weighted by atomic mass is 10.1. The molecule has 1 unspecified atom stereocenters. The molecule has 2 fully saturated rings. The molecule has 4 amide bonds. The number of hydrogen-bond acceptors (Lipinski definition) is 7. The average molecular weight is 635 g/mol. The number of aliphatic hydroxyl groups is 1. The fourth-order valence-corrected chi connectivity index (χ4v) is 4.38. The molecule has 11 heteroatoms. The van der Waals surface area contributed by atoms with Crippen molar-refractivity contribution in [2.45, 2.75) is 103 Å². The molecule has 10 nitrogen and oxygen atoms in total. The Morgan fingerprint density at radius 3 is 2.45 bits per heavy atom. The van der Waals surface area contributed by atoms with Crippen LogP contribution in [0.2, 0.25) is 0 Å². The number of allylic oxidation sites excluding steroid dienone is 2. The van der Waals surface area contributed by atoms with Crippen LogP contribution in [0.3, 0.4) is 0 Å². The molecule has 0 radical (unpaired) electrons. The van der Waals surface area contributed by atoms with Crippen LogP contribution in [-0.4, -0.2) is 65.3 Å². The van der Waals surface area contributed by atoms with Gasteiger partial charge in [0, 0.05) is 24.3 Å².